The van der Waals surface area contributed by atoms with Gasteiger partial charge in [0.1, 0.15) is 0 Å². The first-order chi connectivity index (χ1) is 14.2. The second kappa shape index (κ2) is 12.5. The van der Waals surface area contributed by atoms with Crippen LogP contribution in [-0.4, -0.2) is 50.3 Å². The van der Waals surface area contributed by atoms with Gasteiger partial charge in [-0.25, -0.2) is 0 Å². The van der Waals surface area contributed by atoms with Gasteiger partial charge in [-0.2, -0.15) is 0 Å². The van der Waals surface area contributed by atoms with Gasteiger partial charge in [0.15, 0.2) is 5.96 Å². The highest BCUT2D eigenvalue weighted by Gasteiger charge is 2.23. The van der Waals surface area contributed by atoms with Crippen LogP contribution in [0.5, 0.6) is 0 Å². The predicted molar refractivity (Wildman–Crippen MR) is 133 cm³/mol. The van der Waals surface area contributed by atoms with Crippen molar-refractivity contribution in [2.24, 2.45) is 4.99 Å². The maximum atomic E-state index is 12.6. The first kappa shape index (κ1) is 24.1. The van der Waals surface area contributed by atoms with E-state index in [0.29, 0.717) is 25.5 Å². The average molecular weight is 522 g/mol. The molecular weight excluding hydrogens is 491 g/mol. The van der Waals surface area contributed by atoms with Crippen molar-refractivity contribution in [3.05, 3.63) is 65.7 Å². The summed E-state index contributed by atoms with van der Waals surface area (Å²) in [6.07, 6.45) is 2.17. The zero-order valence-electron chi connectivity index (χ0n) is 17.4. The summed E-state index contributed by atoms with van der Waals surface area (Å²) in [5.74, 6) is 0.856. The standard InChI is InChI=1S/C23H30N4O2.HI/c1-24-23(26-16-20(17-28)18-8-3-2-4-9-18)25-14-7-12-22(29)27-15-13-19-10-5-6-11-21(19)27;/h2-6,8-11,20,28H,7,12-17H2,1H3,(H2,24,25,26);1H. The third-order valence-corrected chi connectivity index (χ3v) is 5.28. The number of aliphatic imine (C=N–C) groups is 1. The lowest BCUT2D eigenvalue weighted by atomic mass is 10.0. The Hall–Kier alpha value is -2.13. The number of hydrogen-bond acceptors (Lipinski definition) is 3. The molecule has 3 N–H and O–H groups in total. The Balaban J connectivity index is 0.00000320. The Morgan fingerprint density at radius 2 is 1.87 bits per heavy atom. The van der Waals surface area contributed by atoms with Crippen LogP contribution in [0.25, 0.3) is 0 Å². The molecule has 0 saturated heterocycles. The molecule has 1 aliphatic heterocycles. The number of guanidine groups is 1. The zero-order chi connectivity index (χ0) is 20.5. The van der Waals surface area contributed by atoms with Gasteiger partial charge < -0.3 is 20.6 Å². The van der Waals surface area contributed by atoms with Crippen LogP contribution in [0.15, 0.2) is 59.6 Å². The first-order valence-electron chi connectivity index (χ1n) is 10.2. The summed E-state index contributed by atoms with van der Waals surface area (Å²) >= 11 is 0. The third-order valence-electron chi connectivity index (χ3n) is 5.28. The van der Waals surface area contributed by atoms with Gasteiger partial charge in [-0.1, -0.05) is 48.5 Å². The molecule has 2 aromatic carbocycles. The van der Waals surface area contributed by atoms with Crippen LogP contribution in [0, 0.1) is 0 Å². The highest BCUT2D eigenvalue weighted by molar-refractivity contribution is 14.0. The molecular formula is C23H31IN4O2. The molecule has 1 atom stereocenters. The van der Waals surface area contributed by atoms with Crippen molar-refractivity contribution in [1.29, 1.82) is 0 Å². The summed E-state index contributed by atoms with van der Waals surface area (Å²) in [6.45, 7) is 2.09. The maximum Gasteiger partial charge on any atom is 0.227 e. The highest BCUT2D eigenvalue weighted by atomic mass is 127. The second-order valence-electron chi connectivity index (χ2n) is 7.20. The molecule has 7 heteroatoms. The minimum Gasteiger partial charge on any atom is -0.396 e. The number of carbonyl (C=O) groups is 1. The van der Waals surface area contributed by atoms with Gasteiger partial charge in [0.25, 0.3) is 0 Å². The Morgan fingerprint density at radius 3 is 2.60 bits per heavy atom. The summed E-state index contributed by atoms with van der Waals surface area (Å²) in [6, 6.07) is 18.1. The Kier molecular flexibility index (Phi) is 10.1. The smallest absolute Gasteiger partial charge is 0.227 e. The fraction of sp³-hybridized carbons (Fsp3) is 0.391. The molecule has 6 nitrogen and oxygen atoms in total. The summed E-state index contributed by atoms with van der Waals surface area (Å²) in [5, 5.41) is 16.2. The van der Waals surface area contributed by atoms with E-state index >= 15 is 0 Å². The molecule has 1 aliphatic rings. The van der Waals surface area contributed by atoms with E-state index in [1.54, 1.807) is 7.05 Å². The highest BCUT2D eigenvalue weighted by Crippen LogP contribution is 2.27. The molecule has 0 aromatic heterocycles. The van der Waals surface area contributed by atoms with Gasteiger partial charge in [-0.05, 0) is 30.0 Å². The number of halogens is 1. The van der Waals surface area contributed by atoms with E-state index in [0.717, 1.165) is 30.6 Å². The topological polar surface area (TPSA) is 77.0 Å². The minimum absolute atomic E-state index is 0. The number of fused-ring (bicyclic) bond motifs is 1. The van der Waals surface area contributed by atoms with E-state index in [1.165, 1.54) is 5.56 Å². The quantitative estimate of drug-likeness (QED) is 0.216. The van der Waals surface area contributed by atoms with Gasteiger partial charge in [0, 0.05) is 44.7 Å². The lowest BCUT2D eigenvalue weighted by Crippen LogP contribution is -2.40. The molecule has 1 amide bonds. The van der Waals surface area contributed by atoms with Gasteiger partial charge in [0.05, 0.1) is 6.61 Å². The molecule has 0 fully saturated rings. The molecule has 0 saturated carbocycles. The SMILES string of the molecule is CN=C(NCCCC(=O)N1CCc2ccccc21)NCC(CO)c1ccccc1.I. The van der Waals surface area contributed by atoms with Crippen LogP contribution in [-0.2, 0) is 11.2 Å². The summed E-state index contributed by atoms with van der Waals surface area (Å²) in [7, 11) is 1.72. The number of hydrogen-bond donors (Lipinski definition) is 3. The maximum absolute atomic E-state index is 12.6. The van der Waals surface area contributed by atoms with Crippen molar-refractivity contribution in [3.8, 4) is 0 Å². The summed E-state index contributed by atoms with van der Waals surface area (Å²) in [4.78, 5) is 18.7. The molecule has 162 valence electrons. The average Bonchev–Trinajstić information content (AvgIpc) is 3.20. The molecule has 3 rings (SSSR count). The number of amides is 1. The first-order valence-corrected chi connectivity index (χ1v) is 10.2. The number of nitrogens with zero attached hydrogens (tertiary/aromatic N) is 2. The van der Waals surface area contributed by atoms with Gasteiger partial charge in [-0.3, -0.25) is 9.79 Å². The van der Waals surface area contributed by atoms with Crippen LogP contribution in [0.3, 0.4) is 0 Å². The van der Waals surface area contributed by atoms with Crippen molar-refractivity contribution < 1.29 is 9.90 Å². The number of aliphatic hydroxyl groups is 1. The Labute approximate surface area is 195 Å². The summed E-state index contributed by atoms with van der Waals surface area (Å²) in [5.41, 5.74) is 3.40. The van der Waals surface area contributed by atoms with Crippen LogP contribution in [0.1, 0.15) is 29.9 Å². The molecule has 1 unspecified atom stereocenters. The van der Waals surface area contributed by atoms with Crippen LogP contribution >= 0.6 is 24.0 Å². The molecule has 2 aromatic rings. The van der Waals surface area contributed by atoms with E-state index in [4.69, 9.17) is 0 Å². The molecule has 0 aliphatic carbocycles. The van der Waals surface area contributed by atoms with Crippen molar-refractivity contribution in [1.82, 2.24) is 10.6 Å². The monoisotopic (exact) mass is 522 g/mol. The fourth-order valence-corrected chi connectivity index (χ4v) is 3.63. The Bertz CT molecular complexity index is 829. The largest absolute Gasteiger partial charge is 0.396 e. The fourth-order valence-electron chi connectivity index (χ4n) is 3.63. The molecule has 0 bridgehead atoms. The van der Waals surface area contributed by atoms with Gasteiger partial charge in [0.2, 0.25) is 5.91 Å². The Morgan fingerprint density at radius 1 is 1.13 bits per heavy atom. The second-order valence-corrected chi connectivity index (χ2v) is 7.20. The number of nitrogens with one attached hydrogen (secondary N) is 2. The molecule has 1 heterocycles. The number of benzene rings is 2. The lowest BCUT2D eigenvalue weighted by molar-refractivity contribution is -0.118. The molecule has 0 spiro atoms. The van der Waals surface area contributed by atoms with Gasteiger partial charge >= 0.3 is 0 Å². The van der Waals surface area contributed by atoms with Crippen LogP contribution < -0.4 is 15.5 Å². The van der Waals surface area contributed by atoms with Crippen LogP contribution in [0.4, 0.5) is 5.69 Å². The number of para-hydroxylation sites is 1. The van der Waals surface area contributed by atoms with Gasteiger partial charge in [-0.15, -0.1) is 24.0 Å². The molecule has 0 radical (unpaired) electrons. The number of carbonyl (C=O) groups excluding carboxylic acids is 1. The van der Waals surface area contributed by atoms with E-state index in [2.05, 4.69) is 21.7 Å². The van der Waals surface area contributed by atoms with Crippen molar-refractivity contribution >= 4 is 41.5 Å². The summed E-state index contributed by atoms with van der Waals surface area (Å²) < 4.78 is 0. The zero-order valence-corrected chi connectivity index (χ0v) is 19.7. The number of aliphatic hydroxyl groups excluding tert-OH is 1. The van der Waals surface area contributed by atoms with Crippen LogP contribution in [0.2, 0.25) is 0 Å². The van der Waals surface area contributed by atoms with Crippen molar-refractivity contribution in [3.63, 3.8) is 0 Å². The number of rotatable bonds is 8. The third kappa shape index (κ3) is 6.43. The lowest BCUT2D eigenvalue weighted by Gasteiger charge is -2.19. The van der Waals surface area contributed by atoms with E-state index in [9.17, 15) is 9.90 Å². The van der Waals surface area contributed by atoms with E-state index < -0.39 is 0 Å². The molecule has 30 heavy (non-hydrogen) atoms. The van der Waals surface area contributed by atoms with Crippen molar-refractivity contribution in [2.75, 3.05) is 38.2 Å². The number of anilines is 1. The van der Waals surface area contributed by atoms with E-state index in [-0.39, 0.29) is 42.4 Å². The minimum atomic E-state index is 0. The normalized spacial score (nSPS) is 13.9. The predicted octanol–water partition coefficient (Wildman–Crippen LogP) is 2.92. The van der Waals surface area contributed by atoms with E-state index in [1.807, 2.05) is 53.4 Å². The van der Waals surface area contributed by atoms with Crippen molar-refractivity contribution in [2.45, 2.75) is 25.2 Å².